The fourth-order valence-corrected chi connectivity index (χ4v) is 3.66. The van der Waals surface area contributed by atoms with E-state index in [2.05, 4.69) is 15.3 Å². The normalized spacial score (nSPS) is 11.2. The van der Waals surface area contributed by atoms with E-state index in [4.69, 9.17) is 9.47 Å². The van der Waals surface area contributed by atoms with Crippen molar-refractivity contribution in [2.45, 2.75) is 17.8 Å². The number of nitrogens with zero attached hydrogens (tertiary/aromatic N) is 2. The van der Waals surface area contributed by atoms with Crippen LogP contribution < -0.4 is 14.8 Å². The van der Waals surface area contributed by atoms with Gasteiger partial charge in [0.2, 0.25) is 5.91 Å². The van der Waals surface area contributed by atoms with Crippen molar-refractivity contribution in [1.29, 1.82) is 0 Å². The second kappa shape index (κ2) is 11.2. The van der Waals surface area contributed by atoms with Gasteiger partial charge in [-0.1, -0.05) is 17.8 Å². The van der Waals surface area contributed by atoms with Crippen LogP contribution in [0.4, 0.5) is 17.6 Å². The number of hydrogen-bond acceptors (Lipinski definition) is 6. The lowest BCUT2D eigenvalue weighted by Crippen LogP contribution is -2.27. The SMILES string of the molecule is COc1ccc(CCNC(=O)CSc2nc(-c3ccc(F)cc3)cc(C(F)(F)F)n2)cc1OC. The molecule has 0 radical (unpaired) electrons. The van der Waals surface area contributed by atoms with Crippen molar-refractivity contribution >= 4 is 17.7 Å². The number of hydrogen-bond donors (Lipinski definition) is 1. The van der Waals surface area contributed by atoms with Crippen LogP contribution in [0.5, 0.6) is 11.5 Å². The first-order valence-electron chi connectivity index (χ1n) is 10.0. The third-order valence-electron chi connectivity index (χ3n) is 4.65. The monoisotopic (exact) mass is 495 g/mol. The number of amides is 1. The van der Waals surface area contributed by atoms with Gasteiger partial charge in [-0.25, -0.2) is 14.4 Å². The zero-order chi connectivity index (χ0) is 24.7. The molecular formula is C23H21F4N3O3S. The maximum absolute atomic E-state index is 13.3. The maximum Gasteiger partial charge on any atom is 0.433 e. The van der Waals surface area contributed by atoms with Gasteiger partial charge in [0.05, 0.1) is 25.7 Å². The van der Waals surface area contributed by atoms with Crippen LogP contribution in [-0.2, 0) is 17.4 Å². The van der Waals surface area contributed by atoms with E-state index >= 15 is 0 Å². The molecule has 1 amide bonds. The van der Waals surface area contributed by atoms with Crippen molar-refractivity contribution < 1.29 is 31.8 Å². The van der Waals surface area contributed by atoms with Gasteiger partial charge in [-0.2, -0.15) is 13.2 Å². The number of aromatic nitrogens is 2. The number of thioether (sulfide) groups is 1. The van der Waals surface area contributed by atoms with Crippen LogP contribution in [0.25, 0.3) is 11.3 Å². The number of ether oxygens (including phenoxy) is 2. The third-order valence-corrected chi connectivity index (χ3v) is 5.50. The predicted molar refractivity (Wildman–Crippen MR) is 119 cm³/mol. The molecule has 34 heavy (non-hydrogen) atoms. The molecule has 0 aliphatic rings. The molecule has 0 unspecified atom stereocenters. The van der Waals surface area contributed by atoms with Gasteiger partial charge >= 0.3 is 6.18 Å². The van der Waals surface area contributed by atoms with Crippen LogP contribution in [0, 0.1) is 5.82 Å². The Labute approximate surface area is 197 Å². The second-order valence-corrected chi connectivity index (χ2v) is 7.95. The van der Waals surface area contributed by atoms with Gasteiger partial charge in [-0.05, 0) is 54.4 Å². The van der Waals surface area contributed by atoms with Crippen LogP contribution in [0.3, 0.4) is 0 Å². The quantitative estimate of drug-likeness (QED) is 0.262. The Bertz CT molecular complexity index is 1140. The maximum atomic E-state index is 13.3. The summed E-state index contributed by atoms with van der Waals surface area (Å²) < 4.78 is 63.5. The average molecular weight is 495 g/mol. The molecule has 3 rings (SSSR count). The number of carbonyl (C=O) groups is 1. The highest BCUT2D eigenvalue weighted by Crippen LogP contribution is 2.32. The zero-order valence-electron chi connectivity index (χ0n) is 18.3. The lowest BCUT2D eigenvalue weighted by Gasteiger charge is -2.11. The van der Waals surface area contributed by atoms with Gasteiger partial charge in [0, 0.05) is 12.1 Å². The van der Waals surface area contributed by atoms with E-state index in [1.807, 2.05) is 6.07 Å². The van der Waals surface area contributed by atoms with Gasteiger partial charge in [0.15, 0.2) is 16.7 Å². The molecule has 0 aliphatic heterocycles. The Balaban J connectivity index is 1.62. The molecule has 3 aromatic rings. The smallest absolute Gasteiger partial charge is 0.433 e. The Morgan fingerprint density at radius 2 is 1.71 bits per heavy atom. The van der Waals surface area contributed by atoms with Crippen LogP contribution >= 0.6 is 11.8 Å². The molecular weight excluding hydrogens is 474 g/mol. The summed E-state index contributed by atoms with van der Waals surface area (Å²) in [6.45, 7) is 0.319. The third kappa shape index (κ3) is 6.83. The highest BCUT2D eigenvalue weighted by atomic mass is 32.2. The van der Waals surface area contributed by atoms with Crippen LogP contribution in [-0.4, -0.2) is 42.4 Å². The summed E-state index contributed by atoms with van der Waals surface area (Å²) >= 11 is 0.783. The number of alkyl halides is 3. The first-order valence-corrected chi connectivity index (χ1v) is 11.0. The van der Waals surface area contributed by atoms with E-state index in [1.54, 1.807) is 12.1 Å². The molecule has 6 nitrogen and oxygen atoms in total. The largest absolute Gasteiger partial charge is 0.493 e. The molecule has 11 heteroatoms. The molecule has 0 saturated heterocycles. The number of rotatable bonds is 9. The Hall–Kier alpha value is -3.34. The summed E-state index contributed by atoms with van der Waals surface area (Å²) in [5, 5.41) is 2.51. The highest BCUT2D eigenvalue weighted by molar-refractivity contribution is 7.99. The average Bonchev–Trinajstić information content (AvgIpc) is 2.82. The number of carbonyl (C=O) groups excluding carboxylic acids is 1. The van der Waals surface area contributed by atoms with Crippen LogP contribution in [0.15, 0.2) is 53.7 Å². The molecule has 1 aromatic heterocycles. The highest BCUT2D eigenvalue weighted by Gasteiger charge is 2.34. The summed E-state index contributed by atoms with van der Waals surface area (Å²) in [5.74, 6) is 0.0900. The first kappa shape index (κ1) is 25.3. The van der Waals surface area contributed by atoms with Crippen molar-refractivity contribution in [3.8, 4) is 22.8 Å². The minimum atomic E-state index is -4.70. The van der Waals surface area contributed by atoms with E-state index in [9.17, 15) is 22.4 Å². The molecule has 1 heterocycles. The summed E-state index contributed by atoms with van der Waals surface area (Å²) in [5.41, 5.74) is 0.0585. The van der Waals surface area contributed by atoms with Crippen molar-refractivity contribution in [1.82, 2.24) is 15.3 Å². The number of nitrogens with one attached hydrogen (secondary N) is 1. The number of halogens is 4. The van der Waals surface area contributed by atoms with Gasteiger partial charge in [0.1, 0.15) is 11.5 Å². The lowest BCUT2D eigenvalue weighted by atomic mass is 10.1. The fraction of sp³-hybridized carbons (Fsp3) is 0.261. The molecule has 0 bridgehead atoms. The molecule has 2 aromatic carbocycles. The summed E-state index contributed by atoms with van der Waals surface area (Å²) in [7, 11) is 3.06. The van der Waals surface area contributed by atoms with E-state index in [1.165, 1.54) is 26.4 Å². The first-order chi connectivity index (χ1) is 16.2. The molecule has 1 N–H and O–H groups in total. The Morgan fingerprint density at radius 1 is 1.00 bits per heavy atom. The van der Waals surface area contributed by atoms with E-state index in [0.717, 1.165) is 35.5 Å². The van der Waals surface area contributed by atoms with Crippen molar-refractivity contribution in [3.05, 3.63) is 65.6 Å². The standard InChI is InChI=1S/C23H21F4N3O3S/c1-32-18-8-3-14(11-19(18)33-2)9-10-28-21(31)13-34-22-29-17(12-20(30-22)23(25,26)27)15-4-6-16(24)7-5-15/h3-8,11-12H,9-10,13H2,1-2H3,(H,28,31). The number of benzene rings is 2. The van der Waals surface area contributed by atoms with E-state index in [0.29, 0.717) is 30.0 Å². The predicted octanol–water partition coefficient (Wildman–Crippen LogP) is 4.77. The molecule has 0 spiro atoms. The Kier molecular flexibility index (Phi) is 8.32. The Morgan fingerprint density at radius 3 is 2.35 bits per heavy atom. The molecule has 0 aliphatic carbocycles. The van der Waals surface area contributed by atoms with Gasteiger partial charge < -0.3 is 14.8 Å². The van der Waals surface area contributed by atoms with E-state index in [-0.39, 0.29) is 22.5 Å². The van der Waals surface area contributed by atoms with Crippen LogP contribution in [0.2, 0.25) is 0 Å². The van der Waals surface area contributed by atoms with Crippen LogP contribution in [0.1, 0.15) is 11.3 Å². The summed E-state index contributed by atoms with van der Waals surface area (Å²) in [6.07, 6.45) is -4.18. The minimum Gasteiger partial charge on any atom is -0.493 e. The second-order valence-electron chi connectivity index (χ2n) is 7.00. The molecule has 180 valence electrons. The molecule has 0 fully saturated rings. The van der Waals surface area contributed by atoms with Gasteiger partial charge in [0.25, 0.3) is 0 Å². The summed E-state index contributed by atoms with van der Waals surface area (Å²) in [4.78, 5) is 19.8. The van der Waals surface area contributed by atoms with Crippen molar-refractivity contribution in [2.24, 2.45) is 0 Å². The zero-order valence-corrected chi connectivity index (χ0v) is 19.1. The van der Waals surface area contributed by atoms with E-state index < -0.39 is 17.7 Å². The molecule has 0 atom stereocenters. The summed E-state index contributed by atoms with van der Waals surface area (Å²) in [6, 6.07) is 11.1. The minimum absolute atomic E-state index is 0.0151. The van der Waals surface area contributed by atoms with Crippen molar-refractivity contribution in [3.63, 3.8) is 0 Å². The lowest BCUT2D eigenvalue weighted by molar-refractivity contribution is -0.141. The fourth-order valence-electron chi connectivity index (χ4n) is 2.97. The number of methoxy groups -OCH3 is 2. The van der Waals surface area contributed by atoms with Crippen molar-refractivity contribution in [2.75, 3.05) is 26.5 Å². The van der Waals surface area contributed by atoms with Gasteiger partial charge in [-0.3, -0.25) is 4.79 Å². The molecule has 0 saturated carbocycles. The topological polar surface area (TPSA) is 73.3 Å². The van der Waals surface area contributed by atoms with Gasteiger partial charge in [-0.15, -0.1) is 0 Å².